The van der Waals surface area contributed by atoms with E-state index in [9.17, 15) is 14.9 Å². The summed E-state index contributed by atoms with van der Waals surface area (Å²) in [6.45, 7) is 1.11. The predicted molar refractivity (Wildman–Crippen MR) is 66.1 cm³/mol. The third-order valence-electron chi connectivity index (χ3n) is 3.09. The standard InChI is InChI=1S/C12H14N2O5/c15-12(16)13-5-6-19-8-11(13)7-9-1-3-10(4-2-9)14(17)18/h1-4,11H,5-8H2,(H,15,16). The molecule has 7 heteroatoms. The molecule has 1 aliphatic rings. The van der Waals surface area contributed by atoms with Gasteiger partial charge in [0, 0.05) is 18.7 Å². The molecule has 7 nitrogen and oxygen atoms in total. The molecule has 2 rings (SSSR count). The molecule has 19 heavy (non-hydrogen) atoms. The Morgan fingerprint density at radius 1 is 1.47 bits per heavy atom. The maximum Gasteiger partial charge on any atom is 0.407 e. The fraction of sp³-hybridized carbons (Fsp3) is 0.417. The van der Waals surface area contributed by atoms with Gasteiger partial charge in [0.15, 0.2) is 0 Å². The Morgan fingerprint density at radius 3 is 2.74 bits per heavy atom. The number of carbonyl (C=O) groups is 1. The first kappa shape index (κ1) is 13.3. The lowest BCUT2D eigenvalue weighted by atomic mass is 10.0. The summed E-state index contributed by atoms with van der Waals surface area (Å²) in [5, 5.41) is 19.6. The van der Waals surface area contributed by atoms with Crippen molar-refractivity contribution in [1.29, 1.82) is 0 Å². The summed E-state index contributed by atoms with van der Waals surface area (Å²) in [5.41, 5.74) is 0.881. The number of non-ortho nitro benzene ring substituents is 1. The summed E-state index contributed by atoms with van der Waals surface area (Å²) in [7, 11) is 0. The second-order valence-corrected chi connectivity index (χ2v) is 4.33. The second-order valence-electron chi connectivity index (χ2n) is 4.33. The van der Waals surface area contributed by atoms with Crippen LogP contribution in [0.1, 0.15) is 5.56 Å². The predicted octanol–water partition coefficient (Wildman–Crippen LogP) is 1.52. The molecule has 1 aromatic rings. The zero-order valence-electron chi connectivity index (χ0n) is 10.2. The minimum absolute atomic E-state index is 0.0266. The van der Waals surface area contributed by atoms with Gasteiger partial charge in [-0.25, -0.2) is 4.79 Å². The number of hydrogen-bond acceptors (Lipinski definition) is 4. The third kappa shape index (κ3) is 3.19. The molecule has 1 heterocycles. The molecule has 0 radical (unpaired) electrons. The second kappa shape index (κ2) is 5.66. The number of nitro benzene ring substituents is 1. The summed E-state index contributed by atoms with van der Waals surface area (Å²) in [5.74, 6) is 0. The largest absolute Gasteiger partial charge is 0.465 e. The van der Waals surface area contributed by atoms with Gasteiger partial charge in [-0.15, -0.1) is 0 Å². The number of ether oxygens (including phenoxy) is 1. The number of nitrogens with zero attached hydrogens (tertiary/aromatic N) is 2. The first-order chi connectivity index (χ1) is 9.08. The molecule has 0 aliphatic carbocycles. The quantitative estimate of drug-likeness (QED) is 0.661. The number of carboxylic acid groups (broad SMARTS) is 1. The fourth-order valence-electron chi connectivity index (χ4n) is 2.10. The molecule has 1 fully saturated rings. The van der Waals surface area contributed by atoms with Crippen LogP contribution in [0, 0.1) is 10.1 Å². The topological polar surface area (TPSA) is 92.9 Å². The maximum absolute atomic E-state index is 11.1. The van der Waals surface area contributed by atoms with Gasteiger partial charge < -0.3 is 14.7 Å². The molecular weight excluding hydrogens is 252 g/mol. The lowest BCUT2D eigenvalue weighted by molar-refractivity contribution is -0.384. The van der Waals surface area contributed by atoms with Crippen LogP contribution in [0.2, 0.25) is 0 Å². The molecule has 0 aromatic heterocycles. The van der Waals surface area contributed by atoms with Gasteiger partial charge in [-0.2, -0.15) is 0 Å². The Hall–Kier alpha value is -2.15. The van der Waals surface area contributed by atoms with E-state index >= 15 is 0 Å². The number of rotatable bonds is 3. The fourth-order valence-corrected chi connectivity index (χ4v) is 2.10. The molecule has 0 bridgehead atoms. The van der Waals surface area contributed by atoms with E-state index in [1.165, 1.54) is 17.0 Å². The first-order valence-electron chi connectivity index (χ1n) is 5.88. The highest BCUT2D eigenvalue weighted by atomic mass is 16.6. The van der Waals surface area contributed by atoms with Crippen molar-refractivity contribution in [2.45, 2.75) is 12.5 Å². The molecule has 0 spiro atoms. The van der Waals surface area contributed by atoms with Crippen molar-refractivity contribution in [2.75, 3.05) is 19.8 Å². The highest BCUT2D eigenvalue weighted by Gasteiger charge is 2.27. The summed E-state index contributed by atoms with van der Waals surface area (Å²) < 4.78 is 5.28. The molecule has 1 aromatic carbocycles. The highest BCUT2D eigenvalue weighted by Crippen LogP contribution is 2.17. The van der Waals surface area contributed by atoms with Gasteiger partial charge in [0.1, 0.15) is 0 Å². The minimum Gasteiger partial charge on any atom is -0.465 e. The number of morpholine rings is 1. The first-order valence-corrected chi connectivity index (χ1v) is 5.88. The van der Waals surface area contributed by atoms with E-state index in [2.05, 4.69) is 0 Å². The Kier molecular flexibility index (Phi) is 3.96. The molecule has 1 aliphatic heterocycles. The van der Waals surface area contributed by atoms with Gasteiger partial charge in [-0.3, -0.25) is 10.1 Å². The van der Waals surface area contributed by atoms with Crippen molar-refractivity contribution in [3.8, 4) is 0 Å². The molecule has 1 amide bonds. The van der Waals surface area contributed by atoms with Crippen LogP contribution in [-0.4, -0.2) is 46.8 Å². The van der Waals surface area contributed by atoms with Crippen LogP contribution in [0.25, 0.3) is 0 Å². The number of nitro groups is 1. The normalized spacial score (nSPS) is 19.2. The van der Waals surface area contributed by atoms with Crippen molar-refractivity contribution in [2.24, 2.45) is 0 Å². The molecule has 1 unspecified atom stereocenters. The van der Waals surface area contributed by atoms with E-state index in [-0.39, 0.29) is 11.7 Å². The Morgan fingerprint density at radius 2 is 2.16 bits per heavy atom. The molecule has 1 saturated heterocycles. The van der Waals surface area contributed by atoms with Gasteiger partial charge >= 0.3 is 6.09 Å². The number of hydrogen-bond donors (Lipinski definition) is 1. The van der Waals surface area contributed by atoms with Crippen LogP contribution in [0.15, 0.2) is 24.3 Å². The lowest BCUT2D eigenvalue weighted by Gasteiger charge is -2.33. The molecule has 1 N–H and O–H groups in total. The number of benzene rings is 1. The van der Waals surface area contributed by atoms with E-state index in [1.807, 2.05) is 0 Å². The summed E-state index contributed by atoms with van der Waals surface area (Å²) in [6.07, 6.45) is -0.472. The SMILES string of the molecule is O=C(O)N1CCOCC1Cc1ccc([N+](=O)[O-])cc1. The molecular formula is C12H14N2O5. The molecule has 0 saturated carbocycles. The highest BCUT2D eigenvalue weighted by molar-refractivity contribution is 5.65. The van der Waals surface area contributed by atoms with Crippen LogP contribution >= 0.6 is 0 Å². The van der Waals surface area contributed by atoms with Crippen molar-refractivity contribution in [3.63, 3.8) is 0 Å². The molecule has 102 valence electrons. The Bertz CT molecular complexity index is 474. The van der Waals surface area contributed by atoms with E-state index in [1.54, 1.807) is 12.1 Å². The summed E-state index contributed by atoms with van der Waals surface area (Å²) >= 11 is 0. The zero-order chi connectivity index (χ0) is 13.8. The van der Waals surface area contributed by atoms with Crippen LogP contribution < -0.4 is 0 Å². The van der Waals surface area contributed by atoms with Crippen molar-refractivity contribution in [3.05, 3.63) is 39.9 Å². The van der Waals surface area contributed by atoms with Crippen molar-refractivity contribution < 1.29 is 19.6 Å². The van der Waals surface area contributed by atoms with Crippen molar-refractivity contribution in [1.82, 2.24) is 4.90 Å². The van der Waals surface area contributed by atoms with Crippen LogP contribution in [0.3, 0.4) is 0 Å². The Labute approximate surface area is 109 Å². The van der Waals surface area contributed by atoms with Gasteiger partial charge in [-0.05, 0) is 12.0 Å². The van der Waals surface area contributed by atoms with E-state index in [0.29, 0.717) is 26.2 Å². The average molecular weight is 266 g/mol. The minimum atomic E-state index is -0.963. The van der Waals surface area contributed by atoms with Gasteiger partial charge in [0.25, 0.3) is 5.69 Å². The Balaban J connectivity index is 2.06. The van der Waals surface area contributed by atoms with Crippen LogP contribution in [0.4, 0.5) is 10.5 Å². The van der Waals surface area contributed by atoms with Gasteiger partial charge in [0.05, 0.1) is 24.2 Å². The summed E-state index contributed by atoms with van der Waals surface area (Å²) in [6, 6.07) is 5.89. The molecule has 1 atom stereocenters. The van der Waals surface area contributed by atoms with E-state index in [4.69, 9.17) is 9.84 Å². The smallest absolute Gasteiger partial charge is 0.407 e. The number of amides is 1. The zero-order valence-corrected chi connectivity index (χ0v) is 10.2. The average Bonchev–Trinajstić information content (AvgIpc) is 2.39. The van der Waals surface area contributed by atoms with E-state index in [0.717, 1.165) is 5.56 Å². The van der Waals surface area contributed by atoms with Crippen LogP contribution in [0.5, 0.6) is 0 Å². The maximum atomic E-state index is 11.1. The lowest BCUT2D eigenvalue weighted by Crippen LogP contribution is -2.49. The third-order valence-corrected chi connectivity index (χ3v) is 3.09. The van der Waals surface area contributed by atoms with Crippen LogP contribution in [-0.2, 0) is 11.2 Å². The monoisotopic (exact) mass is 266 g/mol. The summed E-state index contributed by atoms with van der Waals surface area (Å²) in [4.78, 5) is 22.5. The van der Waals surface area contributed by atoms with Crippen molar-refractivity contribution >= 4 is 11.8 Å². The van der Waals surface area contributed by atoms with E-state index < -0.39 is 11.0 Å². The van der Waals surface area contributed by atoms with Gasteiger partial charge in [-0.1, -0.05) is 12.1 Å². The van der Waals surface area contributed by atoms with Gasteiger partial charge in [0.2, 0.25) is 0 Å².